The lowest BCUT2D eigenvalue weighted by Crippen LogP contribution is -2.42. The molecule has 10 nitrogen and oxygen atoms in total. The first-order valence-corrected chi connectivity index (χ1v) is 11.3. The van der Waals surface area contributed by atoms with Crippen LogP contribution in [-0.4, -0.2) is 48.7 Å². The van der Waals surface area contributed by atoms with Crippen molar-refractivity contribution in [2.75, 3.05) is 18.5 Å². The van der Waals surface area contributed by atoms with E-state index in [1.807, 2.05) is 6.92 Å². The number of rotatable bonds is 7. The van der Waals surface area contributed by atoms with Gasteiger partial charge in [0, 0.05) is 12.6 Å². The highest BCUT2D eigenvalue weighted by Crippen LogP contribution is 2.28. The van der Waals surface area contributed by atoms with Crippen LogP contribution < -0.4 is 5.32 Å². The number of nitro benzene ring substituents is 1. The van der Waals surface area contributed by atoms with E-state index in [-0.39, 0.29) is 29.2 Å². The van der Waals surface area contributed by atoms with Gasteiger partial charge in [-0.15, -0.1) is 0 Å². The fourth-order valence-electron chi connectivity index (χ4n) is 3.43. The molecular formula is C21H23N3O7S. The van der Waals surface area contributed by atoms with Crippen LogP contribution in [0, 0.1) is 24.0 Å². The molecule has 1 N–H and O–H groups in total. The Hall–Kier alpha value is -3.31. The second kappa shape index (κ2) is 9.45. The average molecular weight is 461 g/mol. The summed E-state index contributed by atoms with van der Waals surface area (Å²) in [5.74, 6) is -1.61. The summed E-state index contributed by atoms with van der Waals surface area (Å²) < 4.78 is 32.0. The molecule has 1 aliphatic heterocycles. The van der Waals surface area contributed by atoms with Crippen molar-refractivity contribution < 1.29 is 27.7 Å². The van der Waals surface area contributed by atoms with E-state index in [9.17, 15) is 28.1 Å². The molecule has 1 fully saturated rings. The van der Waals surface area contributed by atoms with Crippen LogP contribution in [0.2, 0.25) is 0 Å². The number of nitro groups is 1. The van der Waals surface area contributed by atoms with Crippen LogP contribution in [0.25, 0.3) is 0 Å². The Morgan fingerprint density at radius 1 is 1.16 bits per heavy atom. The van der Waals surface area contributed by atoms with Crippen molar-refractivity contribution in [1.82, 2.24) is 4.31 Å². The third-order valence-corrected chi connectivity index (χ3v) is 7.00. The zero-order chi connectivity index (χ0) is 23.5. The smallest absolute Gasteiger partial charge is 0.324 e. The van der Waals surface area contributed by atoms with Crippen molar-refractivity contribution in [2.24, 2.45) is 0 Å². The van der Waals surface area contributed by atoms with Gasteiger partial charge in [-0.05, 0) is 50.5 Å². The zero-order valence-corrected chi connectivity index (χ0v) is 18.4. The summed E-state index contributed by atoms with van der Waals surface area (Å²) in [6, 6.07) is 9.56. The topological polar surface area (TPSA) is 136 Å². The maximum absolute atomic E-state index is 12.9. The summed E-state index contributed by atoms with van der Waals surface area (Å²) in [7, 11) is -3.90. The van der Waals surface area contributed by atoms with Crippen LogP contribution in [-0.2, 0) is 24.3 Å². The van der Waals surface area contributed by atoms with Crippen LogP contribution in [0.15, 0.2) is 47.4 Å². The predicted octanol–water partition coefficient (Wildman–Crippen LogP) is 2.55. The first kappa shape index (κ1) is 23.4. The summed E-state index contributed by atoms with van der Waals surface area (Å²) in [5, 5.41) is 13.5. The molecule has 0 aliphatic carbocycles. The molecule has 11 heteroatoms. The van der Waals surface area contributed by atoms with Crippen molar-refractivity contribution >= 4 is 33.3 Å². The summed E-state index contributed by atoms with van der Waals surface area (Å²) in [5.41, 5.74) is 1.25. The van der Waals surface area contributed by atoms with Crippen LogP contribution >= 0.6 is 0 Å². The molecule has 1 saturated heterocycles. The van der Waals surface area contributed by atoms with Gasteiger partial charge in [0.15, 0.2) is 6.61 Å². The van der Waals surface area contributed by atoms with Gasteiger partial charge in [0.1, 0.15) is 11.7 Å². The van der Waals surface area contributed by atoms with Crippen molar-refractivity contribution in [3.05, 3.63) is 63.7 Å². The Bertz CT molecular complexity index is 1150. The molecule has 170 valence electrons. The number of aryl methyl sites for hydroxylation is 2. The predicted molar refractivity (Wildman–Crippen MR) is 116 cm³/mol. The number of nitrogens with one attached hydrogen (secondary N) is 1. The summed E-state index contributed by atoms with van der Waals surface area (Å²) in [4.78, 5) is 35.3. The van der Waals surface area contributed by atoms with Gasteiger partial charge in [0.25, 0.3) is 11.6 Å². The van der Waals surface area contributed by atoms with Gasteiger partial charge in [-0.3, -0.25) is 19.7 Å². The number of hydrogen-bond acceptors (Lipinski definition) is 7. The molecular weight excluding hydrogens is 438 g/mol. The molecule has 1 aliphatic rings. The number of esters is 1. The third kappa shape index (κ3) is 5.11. The number of nitrogens with zero attached hydrogens (tertiary/aromatic N) is 2. The van der Waals surface area contributed by atoms with Crippen molar-refractivity contribution in [1.29, 1.82) is 0 Å². The van der Waals surface area contributed by atoms with Crippen LogP contribution in [0.4, 0.5) is 11.4 Å². The van der Waals surface area contributed by atoms with Crippen molar-refractivity contribution in [3.63, 3.8) is 0 Å². The van der Waals surface area contributed by atoms with Gasteiger partial charge in [-0.1, -0.05) is 23.8 Å². The Kier molecular flexibility index (Phi) is 6.90. The Morgan fingerprint density at radius 3 is 2.47 bits per heavy atom. The fraction of sp³-hybridized carbons (Fsp3) is 0.333. The van der Waals surface area contributed by atoms with Gasteiger partial charge >= 0.3 is 5.97 Å². The second-order valence-electron chi connectivity index (χ2n) is 7.52. The van der Waals surface area contributed by atoms with E-state index in [0.29, 0.717) is 12.0 Å². The molecule has 32 heavy (non-hydrogen) atoms. The Morgan fingerprint density at radius 2 is 1.81 bits per heavy atom. The first-order valence-electron chi connectivity index (χ1n) is 9.89. The second-order valence-corrected chi connectivity index (χ2v) is 9.41. The third-order valence-electron chi connectivity index (χ3n) is 5.07. The quantitative estimate of drug-likeness (QED) is 0.380. The van der Waals surface area contributed by atoms with E-state index in [2.05, 4.69) is 5.32 Å². The van der Waals surface area contributed by atoms with E-state index in [1.165, 1.54) is 24.3 Å². The normalized spacial score (nSPS) is 16.5. The van der Waals surface area contributed by atoms with Crippen LogP contribution in [0.1, 0.15) is 24.0 Å². The molecule has 0 radical (unpaired) electrons. The number of carbonyl (C=O) groups excluding carboxylic acids is 2. The number of sulfonamides is 1. The number of benzene rings is 2. The summed E-state index contributed by atoms with van der Waals surface area (Å²) in [6.45, 7) is 2.98. The van der Waals surface area contributed by atoms with Crippen molar-refractivity contribution in [3.8, 4) is 0 Å². The van der Waals surface area contributed by atoms with E-state index in [4.69, 9.17) is 4.74 Å². The fourth-order valence-corrected chi connectivity index (χ4v) is 5.07. The van der Waals surface area contributed by atoms with E-state index in [0.717, 1.165) is 9.87 Å². The lowest BCUT2D eigenvalue weighted by molar-refractivity contribution is -0.384. The average Bonchev–Trinajstić information content (AvgIpc) is 3.24. The molecule has 0 spiro atoms. The van der Waals surface area contributed by atoms with Crippen LogP contribution in [0.3, 0.4) is 0 Å². The van der Waals surface area contributed by atoms with Crippen molar-refractivity contribution in [2.45, 2.75) is 37.6 Å². The molecule has 0 bridgehead atoms. The lowest BCUT2D eigenvalue weighted by Gasteiger charge is -2.22. The Labute approximate surface area is 185 Å². The van der Waals surface area contributed by atoms with Crippen LogP contribution in [0.5, 0.6) is 0 Å². The van der Waals surface area contributed by atoms with Gasteiger partial charge in [0.05, 0.1) is 9.82 Å². The highest BCUT2D eigenvalue weighted by Gasteiger charge is 2.40. The van der Waals surface area contributed by atoms with Gasteiger partial charge in [-0.2, -0.15) is 4.31 Å². The lowest BCUT2D eigenvalue weighted by atomic mass is 10.2. The van der Waals surface area contributed by atoms with Gasteiger partial charge in [0.2, 0.25) is 10.0 Å². The maximum Gasteiger partial charge on any atom is 0.324 e. The minimum Gasteiger partial charge on any atom is -0.454 e. The van der Waals surface area contributed by atoms with E-state index in [1.54, 1.807) is 25.1 Å². The zero-order valence-electron chi connectivity index (χ0n) is 17.6. The molecule has 3 rings (SSSR count). The molecule has 1 atom stereocenters. The Balaban J connectivity index is 1.65. The molecule has 0 aromatic heterocycles. The molecule has 2 aromatic rings. The monoisotopic (exact) mass is 461 g/mol. The number of hydrogen-bond donors (Lipinski definition) is 1. The highest BCUT2D eigenvalue weighted by atomic mass is 32.2. The largest absolute Gasteiger partial charge is 0.454 e. The summed E-state index contributed by atoms with van der Waals surface area (Å²) >= 11 is 0. The minimum atomic E-state index is -3.90. The SMILES string of the molecule is Cc1ccc(S(=O)(=O)N2CCC[C@H]2C(=O)OCC(=O)Nc2ccc(C)cc2[N+](=O)[O-])cc1. The standard InChI is InChI=1S/C21H23N3O7S/c1-14-5-8-16(9-6-14)32(29,30)23-11-3-4-18(23)21(26)31-13-20(25)22-17-10-7-15(2)12-19(17)24(27)28/h5-10,12,18H,3-4,11,13H2,1-2H3,(H,22,25)/t18-/m0/s1. The number of anilines is 1. The van der Waals surface area contributed by atoms with Gasteiger partial charge < -0.3 is 10.1 Å². The molecule has 1 heterocycles. The first-order chi connectivity index (χ1) is 15.1. The maximum atomic E-state index is 12.9. The number of ether oxygens (including phenoxy) is 1. The van der Waals surface area contributed by atoms with E-state index < -0.39 is 39.5 Å². The summed E-state index contributed by atoms with van der Waals surface area (Å²) in [6.07, 6.45) is 0.752. The van der Waals surface area contributed by atoms with Gasteiger partial charge in [-0.25, -0.2) is 8.42 Å². The molecule has 0 unspecified atom stereocenters. The number of carbonyl (C=O) groups is 2. The molecule has 1 amide bonds. The highest BCUT2D eigenvalue weighted by molar-refractivity contribution is 7.89. The van der Waals surface area contributed by atoms with E-state index >= 15 is 0 Å². The minimum absolute atomic E-state index is 0.0221. The molecule has 2 aromatic carbocycles. The molecule has 0 saturated carbocycles. The number of amides is 1.